The van der Waals surface area contributed by atoms with Gasteiger partial charge in [0.1, 0.15) is 0 Å². The lowest BCUT2D eigenvalue weighted by Gasteiger charge is -2.22. The summed E-state index contributed by atoms with van der Waals surface area (Å²) in [5, 5.41) is 0. The lowest BCUT2D eigenvalue weighted by Crippen LogP contribution is -2.35. The van der Waals surface area contributed by atoms with Gasteiger partial charge in [-0.15, -0.1) is 0 Å². The Hall–Kier alpha value is -1.55. The molecule has 0 N–H and O–H groups in total. The predicted molar refractivity (Wildman–Crippen MR) is 72.8 cm³/mol. The SMILES string of the molecule is CC1Cc2ccccc2N1C(=O)c1ccoc1Br. The number of furan rings is 1. The Labute approximate surface area is 114 Å². The topological polar surface area (TPSA) is 33.5 Å². The molecule has 2 heterocycles. The van der Waals surface area contributed by atoms with E-state index < -0.39 is 0 Å². The number of fused-ring (bicyclic) bond motifs is 1. The van der Waals surface area contributed by atoms with E-state index in [-0.39, 0.29) is 11.9 Å². The molecule has 0 saturated carbocycles. The van der Waals surface area contributed by atoms with Crippen LogP contribution in [0.25, 0.3) is 0 Å². The lowest BCUT2D eigenvalue weighted by atomic mass is 10.1. The number of carbonyl (C=O) groups is 1. The van der Waals surface area contributed by atoms with Gasteiger partial charge >= 0.3 is 0 Å². The molecule has 0 bridgehead atoms. The van der Waals surface area contributed by atoms with Gasteiger partial charge in [0.2, 0.25) is 0 Å². The van der Waals surface area contributed by atoms with Gasteiger partial charge in [0, 0.05) is 11.7 Å². The van der Waals surface area contributed by atoms with Crippen molar-refractivity contribution >= 4 is 27.5 Å². The molecule has 1 aliphatic heterocycles. The maximum Gasteiger partial charge on any atom is 0.263 e. The van der Waals surface area contributed by atoms with Crippen LogP contribution in [-0.4, -0.2) is 11.9 Å². The molecule has 3 rings (SSSR count). The first kappa shape index (κ1) is 11.5. The largest absolute Gasteiger partial charge is 0.457 e. The van der Waals surface area contributed by atoms with Gasteiger partial charge in [-0.25, -0.2) is 0 Å². The Morgan fingerprint density at radius 2 is 2.17 bits per heavy atom. The van der Waals surface area contributed by atoms with Crippen molar-refractivity contribution in [3.8, 4) is 0 Å². The van der Waals surface area contributed by atoms with Crippen molar-refractivity contribution in [1.29, 1.82) is 0 Å². The van der Waals surface area contributed by atoms with E-state index in [2.05, 4.69) is 28.9 Å². The highest BCUT2D eigenvalue weighted by molar-refractivity contribution is 9.10. The smallest absolute Gasteiger partial charge is 0.263 e. The van der Waals surface area contributed by atoms with E-state index in [1.807, 2.05) is 23.1 Å². The molecule has 92 valence electrons. The summed E-state index contributed by atoms with van der Waals surface area (Å²) in [5.41, 5.74) is 2.79. The summed E-state index contributed by atoms with van der Waals surface area (Å²) >= 11 is 3.26. The maximum atomic E-state index is 12.5. The molecule has 0 radical (unpaired) electrons. The third-order valence-electron chi connectivity index (χ3n) is 3.27. The summed E-state index contributed by atoms with van der Waals surface area (Å²) in [6, 6.07) is 9.90. The van der Waals surface area contributed by atoms with Crippen LogP contribution in [0.15, 0.2) is 45.7 Å². The molecule has 0 spiro atoms. The minimum atomic E-state index is -0.0203. The Balaban J connectivity index is 2.03. The maximum absolute atomic E-state index is 12.5. The van der Waals surface area contributed by atoms with E-state index in [4.69, 9.17) is 4.42 Å². The van der Waals surface area contributed by atoms with Crippen LogP contribution in [0.4, 0.5) is 5.69 Å². The molecule has 3 nitrogen and oxygen atoms in total. The van der Waals surface area contributed by atoms with E-state index in [0.717, 1.165) is 12.1 Å². The van der Waals surface area contributed by atoms with Gasteiger partial charge in [-0.3, -0.25) is 4.79 Å². The van der Waals surface area contributed by atoms with E-state index in [0.29, 0.717) is 10.2 Å². The summed E-state index contributed by atoms with van der Waals surface area (Å²) in [7, 11) is 0. The number of rotatable bonds is 1. The zero-order chi connectivity index (χ0) is 12.7. The fraction of sp³-hybridized carbons (Fsp3) is 0.214. The van der Waals surface area contributed by atoms with Gasteiger partial charge in [-0.1, -0.05) is 18.2 Å². The van der Waals surface area contributed by atoms with Gasteiger partial charge in [0.25, 0.3) is 5.91 Å². The van der Waals surface area contributed by atoms with Gasteiger partial charge in [0.05, 0.1) is 11.8 Å². The highest BCUT2D eigenvalue weighted by Crippen LogP contribution is 2.34. The number of hydrogen-bond acceptors (Lipinski definition) is 2. The molecule has 4 heteroatoms. The number of benzene rings is 1. The monoisotopic (exact) mass is 305 g/mol. The zero-order valence-electron chi connectivity index (χ0n) is 9.89. The average molecular weight is 306 g/mol. The fourth-order valence-electron chi connectivity index (χ4n) is 2.45. The van der Waals surface area contributed by atoms with E-state index in [1.165, 1.54) is 11.8 Å². The number of hydrogen-bond donors (Lipinski definition) is 0. The molecule has 1 atom stereocenters. The minimum Gasteiger partial charge on any atom is -0.457 e. The minimum absolute atomic E-state index is 0.0203. The normalized spacial score (nSPS) is 17.9. The molecular formula is C14H12BrNO2. The molecule has 1 aromatic carbocycles. The second-order valence-corrected chi connectivity index (χ2v) is 5.19. The van der Waals surface area contributed by atoms with E-state index >= 15 is 0 Å². The van der Waals surface area contributed by atoms with Crippen molar-refractivity contribution in [3.63, 3.8) is 0 Å². The van der Waals surface area contributed by atoms with Crippen molar-refractivity contribution in [2.45, 2.75) is 19.4 Å². The van der Waals surface area contributed by atoms with Crippen LogP contribution in [0, 0.1) is 0 Å². The summed E-state index contributed by atoms with van der Waals surface area (Å²) in [6.45, 7) is 2.06. The average Bonchev–Trinajstić information content (AvgIpc) is 2.91. The van der Waals surface area contributed by atoms with Crippen molar-refractivity contribution < 1.29 is 9.21 Å². The van der Waals surface area contributed by atoms with E-state index in [9.17, 15) is 4.79 Å². The second-order valence-electron chi connectivity index (χ2n) is 4.46. The van der Waals surface area contributed by atoms with Crippen LogP contribution in [0.5, 0.6) is 0 Å². The van der Waals surface area contributed by atoms with E-state index in [1.54, 1.807) is 6.07 Å². The van der Waals surface area contributed by atoms with Crippen LogP contribution in [-0.2, 0) is 6.42 Å². The quantitative estimate of drug-likeness (QED) is 0.806. The van der Waals surface area contributed by atoms with Crippen LogP contribution >= 0.6 is 15.9 Å². The molecule has 1 amide bonds. The number of nitrogens with zero attached hydrogens (tertiary/aromatic N) is 1. The predicted octanol–water partition coefficient (Wildman–Crippen LogP) is 3.63. The Bertz CT molecular complexity index is 605. The summed E-state index contributed by atoms with van der Waals surface area (Å²) < 4.78 is 5.63. The third-order valence-corrected chi connectivity index (χ3v) is 3.89. The van der Waals surface area contributed by atoms with Gasteiger partial charge in [-0.2, -0.15) is 0 Å². The summed E-state index contributed by atoms with van der Waals surface area (Å²) in [6.07, 6.45) is 2.42. The molecule has 0 fully saturated rings. The summed E-state index contributed by atoms with van der Waals surface area (Å²) in [4.78, 5) is 14.4. The fourth-order valence-corrected chi connectivity index (χ4v) is 2.86. The number of halogens is 1. The van der Waals surface area contributed by atoms with Crippen LogP contribution < -0.4 is 4.90 Å². The zero-order valence-corrected chi connectivity index (χ0v) is 11.5. The highest BCUT2D eigenvalue weighted by Gasteiger charge is 2.32. The number of anilines is 1. The van der Waals surface area contributed by atoms with Crippen molar-refractivity contribution in [1.82, 2.24) is 0 Å². The lowest BCUT2D eigenvalue weighted by molar-refractivity contribution is 0.0980. The first-order chi connectivity index (χ1) is 8.68. The molecular weight excluding hydrogens is 294 g/mol. The second kappa shape index (κ2) is 4.28. The first-order valence-corrected chi connectivity index (χ1v) is 6.62. The van der Waals surface area contributed by atoms with Crippen molar-refractivity contribution in [3.05, 3.63) is 52.4 Å². The highest BCUT2D eigenvalue weighted by atomic mass is 79.9. The van der Waals surface area contributed by atoms with Gasteiger partial charge < -0.3 is 9.32 Å². The number of para-hydroxylation sites is 1. The van der Waals surface area contributed by atoms with Crippen molar-refractivity contribution in [2.24, 2.45) is 0 Å². The number of carbonyl (C=O) groups excluding carboxylic acids is 1. The summed E-state index contributed by atoms with van der Waals surface area (Å²) in [5.74, 6) is -0.0203. The molecule has 0 aliphatic carbocycles. The third kappa shape index (κ3) is 1.68. The van der Waals surface area contributed by atoms with Crippen molar-refractivity contribution in [2.75, 3.05) is 4.90 Å². The van der Waals surface area contributed by atoms with Crippen LogP contribution in [0.3, 0.4) is 0 Å². The van der Waals surface area contributed by atoms with Gasteiger partial charge in [-0.05, 0) is 47.0 Å². The molecule has 1 aliphatic rings. The number of amides is 1. The molecule has 1 unspecified atom stereocenters. The van der Waals surface area contributed by atoms with Crippen LogP contribution in [0.2, 0.25) is 0 Å². The molecule has 2 aromatic rings. The first-order valence-electron chi connectivity index (χ1n) is 5.83. The standard InChI is InChI=1S/C14H12BrNO2/c1-9-8-10-4-2-3-5-12(10)16(9)14(17)11-6-7-18-13(11)15/h2-7,9H,8H2,1H3. The Kier molecular flexibility index (Phi) is 2.74. The molecule has 18 heavy (non-hydrogen) atoms. The van der Waals surface area contributed by atoms with Gasteiger partial charge in [0.15, 0.2) is 4.67 Å². The van der Waals surface area contributed by atoms with Crippen LogP contribution in [0.1, 0.15) is 22.8 Å². The Morgan fingerprint density at radius 1 is 1.39 bits per heavy atom. The molecule has 1 aromatic heterocycles. The Morgan fingerprint density at radius 3 is 2.89 bits per heavy atom. The molecule has 0 saturated heterocycles.